The maximum absolute atomic E-state index is 13.6. The van der Waals surface area contributed by atoms with Gasteiger partial charge in [0.2, 0.25) is 5.91 Å². The van der Waals surface area contributed by atoms with E-state index in [9.17, 15) is 19.3 Å². The van der Waals surface area contributed by atoms with Crippen LogP contribution < -0.4 is 5.32 Å². The fourth-order valence-corrected chi connectivity index (χ4v) is 3.20. The van der Waals surface area contributed by atoms with Crippen molar-refractivity contribution in [1.82, 2.24) is 4.90 Å². The number of anilines is 1. The molecule has 0 aromatic heterocycles. The minimum atomic E-state index is -0.546. The Morgan fingerprint density at radius 2 is 2.17 bits per heavy atom. The summed E-state index contributed by atoms with van der Waals surface area (Å²) in [4.78, 5) is 24.4. The van der Waals surface area contributed by atoms with Gasteiger partial charge in [-0.1, -0.05) is 0 Å². The van der Waals surface area contributed by atoms with Crippen molar-refractivity contribution >= 4 is 33.2 Å². The molecule has 1 saturated heterocycles. The maximum Gasteiger partial charge on any atom is 0.293 e. The van der Waals surface area contributed by atoms with Crippen LogP contribution in [0.3, 0.4) is 0 Å². The lowest BCUT2D eigenvalue weighted by atomic mass is 10.1. The third-order valence-corrected chi connectivity index (χ3v) is 4.95. The van der Waals surface area contributed by atoms with Crippen molar-refractivity contribution in [3.63, 3.8) is 0 Å². The summed E-state index contributed by atoms with van der Waals surface area (Å²) in [6.45, 7) is 1.88. The standard InChI is InChI=1S/C15H17BrFN3O3/c16-11-5-14(20(22)23)13(6-12(11)17)18-7-9-3-4-19(8-9)15(21)10-1-2-10/h5-6,9-10,18H,1-4,7-8H2/t9-/m0/s1. The molecule has 1 atom stereocenters. The summed E-state index contributed by atoms with van der Waals surface area (Å²) in [5.41, 5.74) is 0.00449. The summed E-state index contributed by atoms with van der Waals surface area (Å²) in [6.07, 6.45) is 2.84. The van der Waals surface area contributed by atoms with Gasteiger partial charge >= 0.3 is 0 Å². The van der Waals surface area contributed by atoms with Crippen molar-refractivity contribution in [2.24, 2.45) is 11.8 Å². The summed E-state index contributed by atoms with van der Waals surface area (Å²) in [6, 6.07) is 2.29. The molecule has 0 radical (unpaired) electrons. The largest absolute Gasteiger partial charge is 0.379 e. The van der Waals surface area contributed by atoms with Crippen LogP contribution in [0.5, 0.6) is 0 Å². The molecule has 0 unspecified atom stereocenters. The molecule has 124 valence electrons. The smallest absolute Gasteiger partial charge is 0.293 e. The van der Waals surface area contributed by atoms with Crippen LogP contribution in [0.15, 0.2) is 16.6 Å². The molecule has 2 fully saturated rings. The number of halogens is 2. The van der Waals surface area contributed by atoms with Gasteiger partial charge in [-0.2, -0.15) is 0 Å². The molecule has 1 aliphatic carbocycles. The number of nitrogens with one attached hydrogen (secondary N) is 1. The molecule has 1 heterocycles. The van der Waals surface area contributed by atoms with Crippen LogP contribution in [0.2, 0.25) is 0 Å². The average molecular weight is 386 g/mol. The van der Waals surface area contributed by atoms with E-state index in [-0.39, 0.29) is 33.6 Å². The molecular formula is C15H17BrFN3O3. The van der Waals surface area contributed by atoms with Gasteiger partial charge < -0.3 is 10.2 Å². The summed E-state index contributed by atoms with van der Waals surface area (Å²) in [5.74, 6) is 0.121. The van der Waals surface area contributed by atoms with Gasteiger partial charge in [0, 0.05) is 37.7 Å². The van der Waals surface area contributed by atoms with Gasteiger partial charge in [-0.15, -0.1) is 0 Å². The number of hydrogen-bond acceptors (Lipinski definition) is 4. The molecule has 1 amide bonds. The number of carbonyl (C=O) groups is 1. The third kappa shape index (κ3) is 3.63. The fourth-order valence-electron chi connectivity index (χ4n) is 2.87. The SMILES string of the molecule is O=C(C1CC1)N1CC[C@@H](CNc2cc(F)c(Br)cc2[N+](=O)[O-])C1. The zero-order valence-electron chi connectivity index (χ0n) is 12.4. The number of hydrogen-bond donors (Lipinski definition) is 1. The Morgan fingerprint density at radius 3 is 2.83 bits per heavy atom. The van der Waals surface area contributed by atoms with Crippen LogP contribution in [0.4, 0.5) is 15.8 Å². The number of carbonyl (C=O) groups excluding carboxylic acids is 1. The number of rotatable bonds is 5. The van der Waals surface area contributed by atoms with E-state index in [4.69, 9.17) is 0 Å². The fraction of sp³-hybridized carbons (Fsp3) is 0.533. The first kappa shape index (κ1) is 16.2. The number of amides is 1. The Kier molecular flexibility index (Phi) is 4.52. The van der Waals surface area contributed by atoms with E-state index in [1.807, 2.05) is 4.90 Å². The van der Waals surface area contributed by atoms with Crippen molar-refractivity contribution in [1.29, 1.82) is 0 Å². The molecule has 1 aliphatic heterocycles. The molecule has 8 heteroatoms. The lowest BCUT2D eigenvalue weighted by Crippen LogP contribution is -2.30. The zero-order chi connectivity index (χ0) is 16.6. The predicted octanol–water partition coefficient (Wildman–Crippen LogP) is 3.17. The lowest BCUT2D eigenvalue weighted by Gasteiger charge is -2.17. The Labute approximate surface area is 141 Å². The number of nitrogens with zero attached hydrogens (tertiary/aromatic N) is 2. The van der Waals surface area contributed by atoms with Crippen LogP contribution >= 0.6 is 15.9 Å². The molecule has 0 spiro atoms. The molecule has 6 nitrogen and oxygen atoms in total. The summed E-state index contributed by atoms with van der Waals surface area (Å²) >= 11 is 2.96. The first-order chi connectivity index (χ1) is 11.0. The highest BCUT2D eigenvalue weighted by Gasteiger charge is 2.36. The molecule has 3 rings (SSSR count). The zero-order valence-corrected chi connectivity index (χ0v) is 14.0. The van der Waals surface area contributed by atoms with E-state index >= 15 is 0 Å². The molecule has 2 aliphatic rings. The van der Waals surface area contributed by atoms with E-state index in [0.717, 1.165) is 37.9 Å². The Balaban J connectivity index is 1.61. The van der Waals surface area contributed by atoms with Crippen molar-refractivity contribution in [2.45, 2.75) is 19.3 Å². The van der Waals surface area contributed by atoms with E-state index in [1.165, 1.54) is 0 Å². The van der Waals surface area contributed by atoms with Gasteiger partial charge in [-0.05, 0) is 41.1 Å². The molecule has 1 N–H and O–H groups in total. The number of benzene rings is 1. The third-order valence-electron chi connectivity index (χ3n) is 4.34. The lowest BCUT2D eigenvalue weighted by molar-refractivity contribution is -0.384. The first-order valence-electron chi connectivity index (χ1n) is 7.62. The minimum Gasteiger partial charge on any atom is -0.379 e. The topological polar surface area (TPSA) is 75.5 Å². The van der Waals surface area contributed by atoms with Crippen LogP contribution in [0.1, 0.15) is 19.3 Å². The Bertz CT molecular complexity index is 651. The van der Waals surface area contributed by atoms with Gasteiger partial charge in [-0.3, -0.25) is 14.9 Å². The second kappa shape index (κ2) is 6.43. The summed E-state index contributed by atoms with van der Waals surface area (Å²) < 4.78 is 13.7. The molecule has 1 saturated carbocycles. The van der Waals surface area contributed by atoms with Crippen LogP contribution in [0.25, 0.3) is 0 Å². The summed E-state index contributed by atoms with van der Waals surface area (Å²) in [5, 5.41) is 14.0. The first-order valence-corrected chi connectivity index (χ1v) is 8.41. The number of nitro groups is 1. The predicted molar refractivity (Wildman–Crippen MR) is 86.7 cm³/mol. The highest BCUT2D eigenvalue weighted by Crippen LogP contribution is 2.34. The highest BCUT2D eigenvalue weighted by atomic mass is 79.9. The molecular weight excluding hydrogens is 369 g/mol. The van der Waals surface area contributed by atoms with Gasteiger partial charge in [0.05, 0.1) is 9.40 Å². The van der Waals surface area contributed by atoms with Crippen LogP contribution in [-0.4, -0.2) is 35.4 Å². The number of nitro benzene ring substituents is 1. The monoisotopic (exact) mass is 385 g/mol. The molecule has 0 bridgehead atoms. The molecule has 1 aromatic carbocycles. The van der Waals surface area contributed by atoms with Gasteiger partial charge in [0.15, 0.2) is 0 Å². The van der Waals surface area contributed by atoms with E-state index in [0.29, 0.717) is 13.1 Å². The Hall–Kier alpha value is -1.70. The minimum absolute atomic E-state index is 0.0665. The molecule has 23 heavy (non-hydrogen) atoms. The van der Waals surface area contributed by atoms with Gasteiger partial charge in [0.25, 0.3) is 5.69 Å². The van der Waals surface area contributed by atoms with Gasteiger partial charge in [0.1, 0.15) is 11.5 Å². The van der Waals surface area contributed by atoms with E-state index < -0.39 is 10.7 Å². The maximum atomic E-state index is 13.6. The van der Waals surface area contributed by atoms with E-state index in [1.54, 1.807) is 0 Å². The Morgan fingerprint density at radius 1 is 1.43 bits per heavy atom. The van der Waals surface area contributed by atoms with Crippen molar-refractivity contribution < 1.29 is 14.1 Å². The summed E-state index contributed by atoms with van der Waals surface area (Å²) in [7, 11) is 0. The van der Waals surface area contributed by atoms with E-state index in [2.05, 4.69) is 21.2 Å². The van der Waals surface area contributed by atoms with Crippen molar-refractivity contribution in [2.75, 3.05) is 25.0 Å². The van der Waals surface area contributed by atoms with Crippen molar-refractivity contribution in [3.05, 3.63) is 32.5 Å². The normalized spacial score (nSPS) is 20.6. The number of likely N-dealkylation sites (tertiary alicyclic amines) is 1. The second-order valence-electron chi connectivity index (χ2n) is 6.13. The van der Waals surface area contributed by atoms with Crippen molar-refractivity contribution in [3.8, 4) is 0 Å². The quantitative estimate of drug-likeness (QED) is 0.623. The highest BCUT2D eigenvalue weighted by molar-refractivity contribution is 9.10. The van der Waals surface area contributed by atoms with Crippen LogP contribution in [-0.2, 0) is 4.79 Å². The second-order valence-corrected chi connectivity index (χ2v) is 6.99. The van der Waals surface area contributed by atoms with Gasteiger partial charge in [-0.25, -0.2) is 4.39 Å². The van der Waals surface area contributed by atoms with Crippen LogP contribution in [0, 0.1) is 27.8 Å². The average Bonchev–Trinajstić information content (AvgIpc) is 3.25. The molecule has 1 aromatic rings.